The molecule has 146 valence electrons. The number of nitrogens with one attached hydrogen (secondary N) is 1. The van der Waals surface area contributed by atoms with Crippen molar-refractivity contribution in [3.63, 3.8) is 0 Å². The minimum Gasteiger partial charge on any atom is -0.494 e. The Kier molecular flexibility index (Phi) is 8.29. The van der Waals surface area contributed by atoms with Gasteiger partial charge < -0.3 is 9.47 Å². The van der Waals surface area contributed by atoms with E-state index in [0.29, 0.717) is 18.3 Å². The average Bonchev–Trinajstić information content (AvgIpc) is 3.16. The van der Waals surface area contributed by atoms with E-state index in [0.717, 1.165) is 27.8 Å². The van der Waals surface area contributed by atoms with Gasteiger partial charge in [-0.2, -0.15) is 0 Å². The van der Waals surface area contributed by atoms with Crippen molar-refractivity contribution in [1.29, 1.82) is 0 Å². The van der Waals surface area contributed by atoms with Crippen molar-refractivity contribution >= 4 is 34.1 Å². The Bertz CT molecular complexity index is 844. The maximum absolute atomic E-state index is 11.9. The van der Waals surface area contributed by atoms with Crippen LogP contribution in [0.4, 0.5) is 5.13 Å². The Morgan fingerprint density at radius 3 is 2.57 bits per heavy atom. The van der Waals surface area contributed by atoms with E-state index in [2.05, 4.69) is 15.5 Å². The monoisotopic (exact) mass is 415 g/mol. The molecular weight excluding hydrogens is 394 g/mol. The zero-order valence-electron chi connectivity index (χ0n) is 15.2. The minimum absolute atomic E-state index is 0.0201. The van der Waals surface area contributed by atoms with Crippen molar-refractivity contribution in [3.8, 4) is 5.75 Å². The van der Waals surface area contributed by atoms with E-state index < -0.39 is 0 Å². The first-order valence-electron chi connectivity index (χ1n) is 8.85. The highest BCUT2D eigenvalue weighted by molar-refractivity contribution is 8.01. The molecule has 0 atom stereocenters. The summed E-state index contributed by atoms with van der Waals surface area (Å²) in [5.41, 5.74) is 1.03. The molecule has 28 heavy (non-hydrogen) atoms. The predicted molar refractivity (Wildman–Crippen MR) is 112 cm³/mol. The first-order valence-corrected chi connectivity index (χ1v) is 10.7. The van der Waals surface area contributed by atoms with Crippen LogP contribution in [0.2, 0.25) is 0 Å². The van der Waals surface area contributed by atoms with Crippen molar-refractivity contribution in [2.75, 3.05) is 24.3 Å². The Balaban J connectivity index is 1.29. The van der Waals surface area contributed by atoms with Crippen LogP contribution in [0.15, 0.2) is 65.0 Å². The van der Waals surface area contributed by atoms with Crippen molar-refractivity contribution in [1.82, 2.24) is 10.2 Å². The van der Waals surface area contributed by atoms with Crippen LogP contribution in [0, 0.1) is 0 Å². The standard InChI is InChI=1S/C20H21N3O3S2/c24-18(15-25-14-16-8-3-1-4-9-16)21-19-22-23-20(28-19)27-13-7-12-26-17-10-5-2-6-11-17/h1-6,8-11H,7,12-15H2,(H,21,22,24). The summed E-state index contributed by atoms with van der Waals surface area (Å²) in [6.07, 6.45) is 0.897. The highest BCUT2D eigenvalue weighted by atomic mass is 32.2. The number of benzene rings is 2. The highest BCUT2D eigenvalue weighted by Crippen LogP contribution is 2.26. The largest absolute Gasteiger partial charge is 0.494 e. The smallest absolute Gasteiger partial charge is 0.252 e. The third-order valence-electron chi connectivity index (χ3n) is 3.52. The van der Waals surface area contributed by atoms with Crippen LogP contribution in [0.1, 0.15) is 12.0 Å². The van der Waals surface area contributed by atoms with Crippen LogP contribution in [0.5, 0.6) is 5.75 Å². The van der Waals surface area contributed by atoms with Gasteiger partial charge in [0.05, 0.1) is 13.2 Å². The van der Waals surface area contributed by atoms with Crippen molar-refractivity contribution in [3.05, 3.63) is 66.2 Å². The lowest BCUT2D eigenvalue weighted by Gasteiger charge is -2.04. The number of anilines is 1. The molecule has 2 aromatic carbocycles. The number of carbonyl (C=O) groups is 1. The fourth-order valence-corrected chi connectivity index (χ4v) is 3.99. The maximum atomic E-state index is 11.9. The SMILES string of the molecule is O=C(COCc1ccccc1)Nc1nnc(SCCCOc2ccccc2)s1. The quantitative estimate of drug-likeness (QED) is 0.287. The van der Waals surface area contributed by atoms with Crippen LogP contribution in [-0.4, -0.2) is 35.1 Å². The second-order valence-corrected chi connectivity index (χ2v) is 8.08. The van der Waals surface area contributed by atoms with Crippen LogP contribution in [0.3, 0.4) is 0 Å². The molecular formula is C20H21N3O3S2. The van der Waals surface area contributed by atoms with E-state index in [4.69, 9.17) is 9.47 Å². The number of ether oxygens (including phenoxy) is 2. The highest BCUT2D eigenvalue weighted by Gasteiger charge is 2.09. The van der Waals surface area contributed by atoms with Crippen LogP contribution >= 0.6 is 23.1 Å². The number of para-hydroxylation sites is 1. The Morgan fingerprint density at radius 1 is 1.04 bits per heavy atom. The first-order chi connectivity index (χ1) is 13.8. The predicted octanol–water partition coefficient (Wildman–Crippen LogP) is 4.25. The molecule has 0 bridgehead atoms. The van der Waals surface area contributed by atoms with Crippen molar-refractivity contribution < 1.29 is 14.3 Å². The molecule has 8 heteroatoms. The summed E-state index contributed by atoms with van der Waals surface area (Å²) < 4.78 is 11.9. The summed E-state index contributed by atoms with van der Waals surface area (Å²) in [6, 6.07) is 19.5. The summed E-state index contributed by atoms with van der Waals surface area (Å²) in [4.78, 5) is 11.9. The number of thioether (sulfide) groups is 1. The molecule has 0 aliphatic carbocycles. The first kappa shape index (κ1) is 20.3. The summed E-state index contributed by atoms with van der Waals surface area (Å²) >= 11 is 2.96. The van der Waals surface area contributed by atoms with Gasteiger partial charge in [0.1, 0.15) is 12.4 Å². The fourth-order valence-electron chi connectivity index (χ4n) is 2.23. The molecule has 1 amide bonds. The zero-order chi connectivity index (χ0) is 19.4. The van der Waals surface area contributed by atoms with Gasteiger partial charge in [0, 0.05) is 5.75 Å². The van der Waals surface area contributed by atoms with E-state index in [1.165, 1.54) is 11.3 Å². The summed E-state index contributed by atoms with van der Waals surface area (Å²) in [5.74, 6) is 1.51. The van der Waals surface area contributed by atoms with Gasteiger partial charge in [-0.15, -0.1) is 10.2 Å². The summed E-state index contributed by atoms with van der Waals surface area (Å²) in [5, 5.41) is 11.3. The van der Waals surface area contributed by atoms with E-state index in [1.54, 1.807) is 11.8 Å². The number of amides is 1. The van der Waals surface area contributed by atoms with Gasteiger partial charge in [-0.25, -0.2) is 0 Å². The molecule has 6 nitrogen and oxygen atoms in total. The number of hydrogen-bond acceptors (Lipinski definition) is 7. The van der Waals surface area contributed by atoms with Gasteiger partial charge in [-0.1, -0.05) is 71.6 Å². The molecule has 0 saturated heterocycles. The van der Waals surface area contributed by atoms with Crippen LogP contribution in [-0.2, 0) is 16.1 Å². The molecule has 0 saturated carbocycles. The van der Waals surface area contributed by atoms with E-state index in [1.807, 2.05) is 60.7 Å². The molecule has 1 N–H and O–H groups in total. The fraction of sp³-hybridized carbons (Fsp3) is 0.250. The van der Waals surface area contributed by atoms with Gasteiger partial charge in [0.15, 0.2) is 4.34 Å². The molecule has 1 heterocycles. The number of aromatic nitrogens is 2. The second kappa shape index (κ2) is 11.4. The number of nitrogens with zero attached hydrogens (tertiary/aromatic N) is 2. The van der Waals surface area contributed by atoms with E-state index in [-0.39, 0.29) is 12.5 Å². The van der Waals surface area contributed by atoms with E-state index >= 15 is 0 Å². The molecule has 0 spiro atoms. The van der Waals surface area contributed by atoms with Crippen LogP contribution < -0.4 is 10.1 Å². The molecule has 0 aliphatic rings. The van der Waals surface area contributed by atoms with Crippen LogP contribution in [0.25, 0.3) is 0 Å². The number of rotatable bonds is 11. The van der Waals surface area contributed by atoms with Gasteiger partial charge in [-0.05, 0) is 24.1 Å². The van der Waals surface area contributed by atoms with Gasteiger partial charge in [0.2, 0.25) is 5.13 Å². The third-order valence-corrected chi connectivity index (χ3v) is 5.58. The Labute approximate surface area is 172 Å². The Morgan fingerprint density at radius 2 is 1.79 bits per heavy atom. The number of hydrogen-bond donors (Lipinski definition) is 1. The van der Waals surface area contributed by atoms with Gasteiger partial charge >= 0.3 is 0 Å². The average molecular weight is 416 g/mol. The number of carbonyl (C=O) groups excluding carboxylic acids is 1. The second-order valence-electron chi connectivity index (χ2n) is 5.76. The maximum Gasteiger partial charge on any atom is 0.252 e. The summed E-state index contributed by atoms with van der Waals surface area (Å²) in [7, 11) is 0. The lowest BCUT2D eigenvalue weighted by molar-refractivity contribution is -0.121. The van der Waals surface area contributed by atoms with Crippen molar-refractivity contribution in [2.24, 2.45) is 0 Å². The minimum atomic E-state index is -0.236. The zero-order valence-corrected chi connectivity index (χ0v) is 16.9. The van der Waals surface area contributed by atoms with Gasteiger partial charge in [-0.3, -0.25) is 10.1 Å². The molecule has 0 radical (unpaired) electrons. The topological polar surface area (TPSA) is 73.3 Å². The van der Waals surface area contributed by atoms with Crippen molar-refractivity contribution in [2.45, 2.75) is 17.4 Å². The Hall–Kier alpha value is -2.42. The third kappa shape index (κ3) is 7.30. The van der Waals surface area contributed by atoms with E-state index in [9.17, 15) is 4.79 Å². The molecule has 0 fully saturated rings. The molecule has 3 aromatic rings. The lowest BCUT2D eigenvalue weighted by Crippen LogP contribution is -2.18. The molecule has 1 aromatic heterocycles. The van der Waals surface area contributed by atoms with Gasteiger partial charge in [0.25, 0.3) is 5.91 Å². The molecule has 0 aliphatic heterocycles. The molecule has 0 unspecified atom stereocenters. The lowest BCUT2D eigenvalue weighted by atomic mass is 10.2. The molecule has 3 rings (SSSR count). The normalized spacial score (nSPS) is 10.6. The summed E-state index contributed by atoms with van der Waals surface area (Å²) in [6.45, 7) is 1.03.